The summed E-state index contributed by atoms with van der Waals surface area (Å²) in [4.78, 5) is 52.0. The Balaban J connectivity index is 1.86. The zero-order valence-electron chi connectivity index (χ0n) is 17.4. The van der Waals surface area contributed by atoms with Crippen molar-refractivity contribution >= 4 is 23.5 Å². The molecule has 1 fully saturated rings. The summed E-state index contributed by atoms with van der Waals surface area (Å²) < 4.78 is 15.7. The maximum atomic E-state index is 13.3. The van der Waals surface area contributed by atoms with Gasteiger partial charge in [-0.3, -0.25) is 14.4 Å². The molecule has 1 aromatic rings. The predicted molar refractivity (Wildman–Crippen MR) is 108 cm³/mol. The van der Waals surface area contributed by atoms with Gasteiger partial charge in [-0.2, -0.15) is 0 Å². The summed E-state index contributed by atoms with van der Waals surface area (Å²) in [6.07, 6.45) is 4.85. The molecule has 1 saturated carbocycles. The minimum atomic E-state index is -1.43. The quantitative estimate of drug-likeness (QED) is 0.733. The third kappa shape index (κ3) is 3.52. The van der Waals surface area contributed by atoms with Crippen molar-refractivity contribution in [1.29, 1.82) is 0 Å². The van der Waals surface area contributed by atoms with Crippen LogP contribution in [-0.2, 0) is 23.8 Å². The van der Waals surface area contributed by atoms with Crippen LogP contribution < -0.4 is 5.32 Å². The first-order valence-corrected chi connectivity index (χ1v) is 10.2. The van der Waals surface area contributed by atoms with Crippen LogP contribution in [0.15, 0.2) is 47.1 Å². The summed E-state index contributed by atoms with van der Waals surface area (Å²) in [7, 11) is 2.33. The largest absolute Gasteiger partial charge is 0.468 e. The second-order valence-corrected chi connectivity index (χ2v) is 7.72. The Hall–Kier alpha value is -3.42. The molecule has 8 nitrogen and oxygen atoms in total. The van der Waals surface area contributed by atoms with E-state index in [-0.39, 0.29) is 40.0 Å². The fraction of sp³-hybridized carbons (Fsp3) is 0.391. The van der Waals surface area contributed by atoms with Gasteiger partial charge in [0.15, 0.2) is 11.5 Å². The smallest absolute Gasteiger partial charge is 0.340 e. The molecule has 0 aromatic heterocycles. The summed E-state index contributed by atoms with van der Waals surface area (Å²) in [5.74, 6) is -4.49. The lowest BCUT2D eigenvalue weighted by Crippen LogP contribution is -2.42. The van der Waals surface area contributed by atoms with E-state index in [1.807, 2.05) is 0 Å². The average Bonchev–Trinajstić information content (AvgIpc) is 2.81. The molecule has 1 atom stereocenters. The fourth-order valence-corrected chi connectivity index (χ4v) is 4.38. The van der Waals surface area contributed by atoms with Gasteiger partial charge in [-0.15, -0.1) is 0 Å². The van der Waals surface area contributed by atoms with Crippen LogP contribution in [0.2, 0.25) is 0 Å². The number of carbonyl (C=O) groups is 4. The van der Waals surface area contributed by atoms with Gasteiger partial charge >= 0.3 is 11.9 Å². The molecule has 1 N–H and O–H groups in total. The van der Waals surface area contributed by atoms with Crippen molar-refractivity contribution in [3.63, 3.8) is 0 Å². The minimum absolute atomic E-state index is 0.00512. The lowest BCUT2D eigenvalue weighted by atomic mass is 9.78. The van der Waals surface area contributed by atoms with Gasteiger partial charge in [-0.25, -0.2) is 4.79 Å². The molecule has 0 spiro atoms. The van der Waals surface area contributed by atoms with Gasteiger partial charge in [0.2, 0.25) is 11.7 Å². The first kappa shape index (κ1) is 20.8. The van der Waals surface area contributed by atoms with Crippen molar-refractivity contribution in [2.45, 2.75) is 38.1 Å². The molecule has 8 heteroatoms. The number of allylic oxidation sites excluding steroid dienone is 1. The van der Waals surface area contributed by atoms with E-state index in [1.54, 1.807) is 12.1 Å². The van der Waals surface area contributed by atoms with Crippen molar-refractivity contribution in [3.05, 3.63) is 58.2 Å². The zero-order valence-corrected chi connectivity index (χ0v) is 17.4. The molecule has 1 aliphatic heterocycles. The number of rotatable bonds is 4. The van der Waals surface area contributed by atoms with Crippen molar-refractivity contribution < 1.29 is 33.4 Å². The van der Waals surface area contributed by atoms with Gasteiger partial charge in [0.05, 0.1) is 19.8 Å². The van der Waals surface area contributed by atoms with E-state index < -0.39 is 29.4 Å². The van der Waals surface area contributed by atoms with E-state index in [9.17, 15) is 19.2 Å². The molecule has 0 saturated heterocycles. The Morgan fingerprint density at radius 1 is 0.968 bits per heavy atom. The van der Waals surface area contributed by atoms with E-state index in [0.29, 0.717) is 0 Å². The predicted octanol–water partition coefficient (Wildman–Crippen LogP) is 2.45. The highest BCUT2D eigenvalue weighted by Gasteiger charge is 2.49. The van der Waals surface area contributed by atoms with Gasteiger partial charge in [-0.05, 0) is 12.8 Å². The highest BCUT2D eigenvalue weighted by molar-refractivity contribution is 6.28. The van der Waals surface area contributed by atoms with Crippen LogP contribution in [0.5, 0.6) is 0 Å². The average molecular weight is 425 g/mol. The number of fused-ring (bicyclic) bond motifs is 1. The van der Waals surface area contributed by atoms with Crippen LogP contribution in [0.4, 0.5) is 0 Å². The monoisotopic (exact) mass is 425 g/mol. The molecular formula is C23H23NO7. The number of hydrogen-bond acceptors (Lipinski definition) is 8. The summed E-state index contributed by atoms with van der Waals surface area (Å²) in [6, 6.07) is 6.31. The molecule has 1 unspecified atom stereocenters. The Morgan fingerprint density at radius 2 is 1.61 bits per heavy atom. The van der Waals surface area contributed by atoms with Crippen LogP contribution in [0.25, 0.3) is 0 Å². The second-order valence-electron chi connectivity index (χ2n) is 7.72. The second kappa shape index (κ2) is 8.37. The number of carbonyl (C=O) groups excluding carboxylic acids is 4. The SMILES string of the molecule is COC(=O)C1=C(NC2CCCCC2)OC2=C(C(=O)c3ccccc3C2=O)C1C(=O)OC. The first-order chi connectivity index (χ1) is 15.0. The first-order valence-electron chi connectivity index (χ1n) is 10.2. The van der Waals surface area contributed by atoms with Crippen molar-refractivity contribution in [1.82, 2.24) is 5.32 Å². The maximum absolute atomic E-state index is 13.3. The molecule has 0 amide bonds. The molecule has 1 aromatic carbocycles. The van der Waals surface area contributed by atoms with Gasteiger partial charge < -0.3 is 19.5 Å². The van der Waals surface area contributed by atoms with E-state index >= 15 is 0 Å². The normalized spacial score (nSPS) is 21.2. The third-order valence-corrected chi connectivity index (χ3v) is 5.92. The topological polar surface area (TPSA) is 108 Å². The number of methoxy groups -OCH3 is 2. The number of Topliss-reactive ketones (excluding diaryl/α,β-unsaturated/α-hetero) is 2. The van der Waals surface area contributed by atoms with Crippen LogP contribution in [0, 0.1) is 5.92 Å². The molecule has 0 bridgehead atoms. The zero-order chi connectivity index (χ0) is 22.1. The number of hydrogen-bond donors (Lipinski definition) is 1. The number of nitrogens with one attached hydrogen (secondary N) is 1. The number of ether oxygens (including phenoxy) is 3. The fourth-order valence-electron chi connectivity index (χ4n) is 4.38. The molecule has 4 rings (SSSR count). The van der Waals surface area contributed by atoms with Crippen LogP contribution >= 0.6 is 0 Å². The van der Waals surface area contributed by atoms with Crippen molar-refractivity contribution in [2.75, 3.05) is 14.2 Å². The number of ketones is 2. The van der Waals surface area contributed by atoms with Gasteiger partial charge in [0.25, 0.3) is 0 Å². The highest BCUT2D eigenvalue weighted by Crippen LogP contribution is 2.41. The van der Waals surface area contributed by atoms with Gasteiger partial charge in [0, 0.05) is 17.2 Å². The van der Waals surface area contributed by atoms with Crippen LogP contribution in [0.3, 0.4) is 0 Å². The summed E-state index contributed by atoms with van der Waals surface area (Å²) in [5.41, 5.74) is -0.0330. The Labute approximate surface area is 179 Å². The Bertz CT molecular complexity index is 1030. The van der Waals surface area contributed by atoms with Crippen LogP contribution in [0.1, 0.15) is 52.8 Å². The Kier molecular flexibility index (Phi) is 5.63. The molecule has 31 heavy (non-hydrogen) atoms. The van der Waals surface area contributed by atoms with Crippen molar-refractivity contribution in [3.8, 4) is 0 Å². The van der Waals surface area contributed by atoms with Crippen molar-refractivity contribution in [2.24, 2.45) is 5.92 Å². The number of benzene rings is 1. The van der Waals surface area contributed by atoms with E-state index in [1.165, 1.54) is 19.2 Å². The molecule has 2 aliphatic carbocycles. The maximum Gasteiger partial charge on any atom is 0.340 e. The lowest BCUT2D eigenvalue weighted by molar-refractivity contribution is -0.146. The molecule has 3 aliphatic rings. The summed E-state index contributed by atoms with van der Waals surface area (Å²) in [5, 5.41) is 3.18. The molecule has 0 radical (unpaired) electrons. The Morgan fingerprint density at radius 3 is 2.23 bits per heavy atom. The molecule has 162 valence electrons. The third-order valence-electron chi connectivity index (χ3n) is 5.92. The summed E-state index contributed by atoms with van der Waals surface area (Å²) >= 11 is 0. The summed E-state index contributed by atoms with van der Waals surface area (Å²) in [6.45, 7) is 0. The van der Waals surface area contributed by atoms with Gasteiger partial charge in [0.1, 0.15) is 11.5 Å². The van der Waals surface area contributed by atoms with Crippen LogP contribution in [-0.4, -0.2) is 43.8 Å². The molecular weight excluding hydrogens is 402 g/mol. The lowest BCUT2D eigenvalue weighted by Gasteiger charge is -2.34. The highest BCUT2D eigenvalue weighted by atomic mass is 16.5. The van der Waals surface area contributed by atoms with E-state index in [0.717, 1.165) is 39.2 Å². The minimum Gasteiger partial charge on any atom is -0.468 e. The molecule has 1 heterocycles. The van der Waals surface area contributed by atoms with E-state index in [4.69, 9.17) is 14.2 Å². The van der Waals surface area contributed by atoms with E-state index in [2.05, 4.69) is 5.32 Å². The number of esters is 2. The van der Waals surface area contributed by atoms with Gasteiger partial charge in [-0.1, -0.05) is 43.5 Å². The standard InChI is InChI=1S/C23H23NO7/c1-29-22(27)15-16-18(25)13-10-6-7-11-14(13)19(26)20(16)31-21(17(15)23(28)30-2)24-12-8-4-3-5-9-12/h6-7,10-12,15,24H,3-5,8-9H2,1-2H3.